The van der Waals surface area contributed by atoms with Gasteiger partial charge in [-0.3, -0.25) is 13.8 Å². The molecule has 0 bridgehead atoms. The van der Waals surface area contributed by atoms with Gasteiger partial charge in [-0.25, -0.2) is 4.57 Å². The predicted molar refractivity (Wildman–Crippen MR) is 129 cm³/mol. The fourth-order valence-corrected chi connectivity index (χ4v) is 3.92. The third-order valence-corrected chi connectivity index (χ3v) is 6.08. The number of nitrogens with two attached hydrogens (primary N) is 1. The first kappa shape index (κ1) is 32.5. The lowest BCUT2D eigenvalue weighted by atomic mass is 10.1. The van der Waals surface area contributed by atoms with E-state index in [1.807, 2.05) is 0 Å². The number of phosphoric ester groups is 1. The number of ether oxygens (including phenoxy) is 3. The van der Waals surface area contributed by atoms with E-state index in [-0.39, 0.29) is 32.3 Å². The van der Waals surface area contributed by atoms with Crippen LogP contribution in [0.3, 0.4) is 0 Å². The minimum atomic E-state index is -4.17. The van der Waals surface area contributed by atoms with E-state index in [0.717, 1.165) is 12.8 Å². The van der Waals surface area contributed by atoms with Crippen molar-refractivity contribution in [1.29, 1.82) is 0 Å². The number of carbonyl (C=O) groups excluding carboxylic acids is 1. The number of rotatable bonds is 25. The molecule has 0 fully saturated rings. The molecular formula is C23H48NO8P. The van der Waals surface area contributed by atoms with Gasteiger partial charge in [0.25, 0.3) is 0 Å². The van der Waals surface area contributed by atoms with Crippen molar-refractivity contribution < 1.29 is 37.5 Å². The summed E-state index contributed by atoms with van der Waals surface area (Å²) in [6.07, 6.45) is 13.7. The number of hydrogen-bond acceptors (Lipinski definition) is 8. The van der Waals surface area contributed by atoms with E-state index < -0.39 is 13.9 Å². The molecule has 198 valence electrons. The standard InChI is InChI=1S/C23H48NO8P/c1-3-4-5-6-7-8-9-10-11-13-17-29-20-22(21-32-33(26,27)31-19-16-24)30-18-14-12-15-23(25)28-2/h22H,3-21,24H2,1-2H3,(H,26,27)/t22-/m1/s1. The fourth-order valence-electron chi connectivity index (χ4n) is 3.16. The molecule has 0 unspecified atom stereocenters. The summed E-state index contributed by atoms with van der Waals surface area (Å²) >= 11 is 0. The van der Waals surface area contributed by atoms with Crippen molar-refractivity contribution in [3.63, 3.8) is 0 Å². The minimum Gasteiger partial charge on any atom is -0.469 e. The van der Waals surface area contributed by atoms with Gasteiger partial charge in [-0.05, 0) is 19.3 Å². The normalized spacial score (nSPS) is 14.2. The van der Waals surface area contributed by atoms with Crippen LogP contribution in [0.2, 0.25) is 0 Å². The van der Waals surface area contributed by atoms with E-state index in [1.54, 1.807) is 0 Å². The molecule has 0 aliphatic rings. The SMILES string of the molecule is CCCCCCCCCCCCOC[C@H](CO[P@](=O)(O)OCCN)OCCCCC(=O)OC. The van der Waals surface area contributed by atoms with E-state index in [4.69, 9.17) is 24.3 Å². The number of hydrogen-bond donors (Lipinski definition) is 2. The van der Waals surface area contributed by atoms with Gasteiger partial charge in [0.05, 0.1) is 26.9 Å². The highest BCUT2D eigenvalue weighted by atomic mass is 31.2. The first-order valence-electron chi connectivity index (χ1n) is 12.5. The van der Waals surface area contributed by atoms with E-state index in [0.29, 0.717) is 32.5 Å². The smallest absolute Gasteiger partial charge is 0.469 e. The Hall–Kier alpha value is -0.540. The number of phosphoric acid groups is 1. The molecule has 9 nitrogen and oxygen atoms in total. The van der Waals surface area contributed by atoms with Gasteiger partial charge in [0.15, 0.2) is 0 Å². The summed E-state index contributed by atoms with van der Waals surface area (Å²) in [5, 5.41) is 0. The molecule has 0 saturated carbocycles. The second kappa shape index (κ2) is 23.2. The van der Waals surface area contributed by atoms with Gasteiger partial charge >= 0.3 is 13.8 Å². The highest BCUT2D eigenvalue weighted by molar-refractivity contribution is 7.47. The van der Waals surface area contributed by atoms with Crippen molar-refractivity contribution in [2.75, 3.05) is 46.7 Å². The summed E-state index contributed by atoms with van der Waals surface area (Å²) in [5.41, 5.74) is 5.28. The second-order valence-electron chi connectivity index (χ2n) is 8.17. The molecule has 0 aliphatic heterocycles. The Balaban J connectivity index is 4.04. The molecule has 0 spiro atoms. The van der Waals surface area contributed by atoms with Crippen molar-refractivity contribution in [2.45, 2.75) is 96.5 Å². The maximum Gasteiger partial charge on any atom is 0.472 e. The van der Waals surface area contributed by atoms with Crippen LogP contribution >= 0.6 is 7.82 Å². The van der Waals surface area contributed by atoms with Crippen molar-refractivity contribution in [1.82, 2.24) is 0 Å². The molecule has 0 rings (SSSR count). The van der Waals surface area contributed by atoms with Gasteiger partial charge in [-0.1, -0.05) is 64.7 Å². The molecule has 10 heteroatoms. The zero-order valence-electron chi connectivity index (χ0n) is 20.8. The monoisotopic (exact) mass is 497 g/mol. The minimum absolute atomic E-state index is 0.0674. The van der Waals surface area contributed by atoms with E-state index in [9.17, 15) is 14.3 Å². The van der Waals surface area contributed by atoms with Gasteiger partial charge in [0.1, 0.15) is 6.10 Å². The summed E-state index contributed by atoms with van der Waals surface area (Å²) < 4.78 is 37.7. The topological polar surface area (TPSA) is 127 Å². The second-order valence-corrected chi connectivity index (χ2v) is 9.62. The Kier molecular flexibility index (Phi) is 22.8. The Morgan fingerprint density at radius 1 is 0.848 bits per heavy atom. The third-order valence-electron chi connectivity index (χ3n) is 5.10. The zero-order chi connectivity index (χ0) is 24.6. The summed E-state index contributed by atoms with van der Waals surface area (Å²) in [7, 11) is -2.81. The average molecular weight is 498 g/mol. The van der Waals surface area contributed by atoms with Crippen molar-refractivity contribution in [2.24, 2.45) is 5.73 Å². The Morgan fingerprint density at radius 2 is 1.45 bits per heavy atom. The van der Waals surface area contributed by atoms with Crippen LogP contribution < -0.4 is 5.73 Å². The van der Waals surface area contributed by atoms with Gasteiger partial charge < -0.3 is 24.8 Å². The fraction of sp³-hybridized carbons (Fsp3) is 0.957. The summed E-state index contributed by atoms with van der Waals surface area (Å²) in [6.45, 7) is 3.40. The zero-order valence-corrected chi connectivity index (χ0v) is 21.7. The van der Waals surface area contributed by atoms with Crippen LogP contribution in [-0.2, 0) is 32.6 Å². The maximum absolute atomic E-state index is 11.8. The highest BCUT2D eigenvalue weighted by Crippen LogP contribution is 2.43. The highest BCUT2D eigenvalue weighted by Gasteiger charge is 2.23. The van der Waals surface area contributed by atoms with Crippen LogP contribution in [0, 0.1) is 0 Å². The van der Waals surface area contributed by atoms with Crippen LogP contribution in [0.15, 0.2) is 0 Å². The molecule has 0 aromatic rings. The van der Waals surface area contributed by atoms with Gasteiger partial charge in [0, 0.05) is 26.2 Å². The molecular weight excluding hydrogens is 449 g/mol. The van der Waals surface area contributed by atoms with Gasteiger partial charge in [0.2, 0.25) is 0 Å². The van der Waals surface area contributed by atoms with Crippen molar-refractivity contribution in [3.05, 3.63) is 0 Å². The van der Waals surface area contributed by atoms with Crippen LogP contribution in [0.25, 0.3) is 0 Å². The number of esters is 1. The van der Waals surface area contributed by atoms with Crippen LogP contribution in [0.5, 0.6) is 0 Å². The molecule has 0 heterocycles. The first-order valence-corrected chi connectivity index (χ1v) is 14.0. The largest absolute Gasteiger partial charge is 0.472 e. The number of carbonyl (C=O) groups is 1. The van der Waals surface area contributed by atoms with Crippen LogP contribution in [0.4, 0.5) is 0 Å². The molecule has 0 aromatic carbocycles. The van der Waals surface area contributed by atoms with Gasteiger partial charge in [-0.2, -0.15) is 0 Å². The molecule has 0 radical (unpaired) electrons. The summed E-state index contributed by atoms with van der Waals surface area (Å²) in [5.74, 6) is -0.256. The Labute approximate surface area is 200 Å². The maximum atomic E-state index is 11.8. The Morgan fingerprint density at radius 3 is 2.06 bits per heavy atom. The molecule has 3 N–H and O–H groups in total. The number of unbranched alkanes of at least 4 members (excludes halogenated alkanes) is 10. The summed E-state index contributed by atoms with van der Waals surface area (Å²) in [6, 6.07) is 0. The van der Waals surface area contributed by atoms with Crippen LogP contribution in [0.1, 0.15) is 90.4 Å². The molecule has 0 aromatic heterocycles. The number of methoxy groups -OCH3 is 1. The molecule has 33 heavy (non-hydrogen) atoms. The lowest BCUT2D eigenvalue weighted by Gasteiger charge is -2.20. The van der Waals surface area contributed by atoms with E-state index in [2.05, 4.69) is 11.7 Å². The lowest BCUT2D eigenvalue weighted by Crippen LogP contribution is -2.26. The van der Waals surface area contributed by atoms with Crippen molar-refractivity contribution in [3.8, 4) is 0 Å². The molecule has 0 amide bonds. The quantitative estimate of drug-likeness (QED) is 0.104. The molecule has 0 aliphatic carbocycles. The van der Waals surface area contributed by atoms with E-state index >= 15 is 0 Å². The Bertz CT molecular complexity index is 495. The molecule has 2 atom stereocenters. The average Bonchev–Trinajstić information content (AvgIpc) is 2.80. The third kappa shape index (κ3) is 23.0. The summed E-state index contributed by atoms with van der Waals surface area (Å²) in [4.78, 5) is 20.8. The lowest BCUT2D eigenvalue weighted by molar-refractivity contribution is -0.140. The predicted octanol–water partition coefficient (Wildman–Crippen LogP) is 4.74. The first-order chi connectivity index (χ1) is 15.9. The van der Waals surface area contributed by atoms with Crippen LogP contribution in [-0.4, -0.2) is 63.7 Å². The van der Waals surface area contributed by atoms with E-state index in [1.165, 1.54) is 58.5 Å². The molecule has 0 saturated heterocycles. The van der Waals surface area contributed by atoms with Crippen molar-refractivity contribution >= 4 is 13.8 Å². The van der Waals surface area contributed by atoms with Gasteiger partial charge in [-0.15, -0.1) is 0 Å².